The minimum Gasteiger partial charge on any atom is -0.345 e. The summed E-state index contributed by atoms with van der Waals surface area (Å²) in [6.07, 6.45) is 0. The maximum absolute atomic E-state index is 12.8. The van der Waals surface area contributed by atoms with Crippen LogP contribution in [0.1, 0.15) is 10.4 Å². The number of sulfonamides is 1. The fourth-order valence-corrected chi connectivity index (χ4v) is 2.83. The first-order valence-corrected chi connectivity index (χ1v) is 7.88. The Bertz CT molecular complexity index is 769. The van der Waals surface area contributed by atoms with Crippen molar-refractivity contribution in [3.63, 3.8) is 0 Å². The van der Waals surface area contributed by atoms with Crippen LogP contribution in [0, 0.1) is 5.82 Å². The zero-order chi connectivity index (χ0) is 16.3. The summed E-state index contributed by atoms with van der Waals surface area (Å²) < 4.78 is 39.5. The van der Waals surface area contributed by atoms with Gasteiger partial charge in [-0.05, 0) is 48.5 Å². The molecule has 0 heterocycles. The minimum atomic E-state index is -3.79. The van der Waals surface area contributed by atoms with Gasteiger partial charge in [0.05, 0.1) is 4.90 Å². The SMILES string of the molecule is CN(C)C(=O)c1ccc(NS(=O)(=O)c2ccc(F)cc2)cc1. The molecule has 2 aromatic rings. The molecule has 116 valence electrons. The molecule has 1 amide bonds. The molecule has 1 N–H and O–H groups in total. The summed E-state index contributed by atoms with van der Waals surface area (Å²) in [5.41, 5.74) is 0.773. The molecule has 22 heavy (non-hydrogen) atoms. The molecule has 0 bridgehead atoms. The predicted molar refractivity (Wildman–Crippen MR) is 81.7 cm³/mol. The average molecular weight is 322 g/mol. The molecule has 5 nitrogen and oxygen atoms in total. The number of benzene rings is 2. The second kappa shape index (κ2) is 6.15. The van der Waals surface area contributed by atoms with Crippen molar-refractivity contribution < 1.29 is 17.6 Å². The zero-order valence-corrected chi connectivity index (χ0v) is 12.9. The van der Waals surface area contributed by atoms with E-state index >= 15 is 0 Å². The van der Waals surface area contributed by atoms with Gasteiger partial charge in [0.1, 0.15) is 5.82 Å². The van der Waals surface area contributed by atoms with Crippen molar-refractivity contribution in [1.82, 2.24) is 4.90 Å². The number of amides is 1. The Labute approximate surface area is 128 Å². The molecule has 0 radical (unpaired) electrons. The van der Waals surface area contributed by atoms with Crippen molar-refractivity contribution >= 4 is 21.6 Å². The van der Waals surface area contributed by atoms with Crippen LogP contribution in [0.2, 0.25) is 0 Å². The molecule has 0 fully saturated rings. The highest BCUT2D eigenvalue weighted by Crippen LogP contribution is 2.17. The fraction of sp³-hybridized carbons (Fsp3) is 0.133. The number of hydrogen-bond donors (Lipinski definition) is 1. The third kappa shape index (κ3) is 3.62. The molecule has 0 saturated carbocycles. The highest BCUT2D eigenvalue weighted by molar-refractivity contribution is 7.92. The van der Waals surface area contributed by atoms with Crippen LogP contribution in [-0.4, -0.2) is 33.3 Å². The van der Waals surface area contributed by atoms with Gasteiger partial charge in [-0.3, -0.25) is 9.52 Å². The van der Waals surface area contributed by atoms with E-state index in [2.05, 4.69) is 4.72 Å². The van der Waals surface area contributed by atoms with Gasteiger partial charge in [-0.15, -0.1) is 0 Å². The molecule has 2 rings (SSSR count). The van der Waals surface area contributed by atoms with Gasteiger partial charge in [0.25, 0.3) is 15.9 Å². The lowest BCUT2D eigenvalue weighted by atomic mass is 10.2. The number of carbonyl (C=O) groups excluding carboxylic acids is 1. The van der Waals surface area contributed by atoms with Crippen molar-refractivity contribution in [2.24, 2.45) is 0 Å². The molecule has 7 heteroatoms. The zero-order valence-electron chi connectivity index (χ0n) is 12.1. The van der Waals surface area contributed by atoms with Crippen LogP contribution in [0.25, 0.3) is 0 Å². The lowest BCUT2D eigenvalue weighted by molar-refractivity contribution is 0.0827. The third-order valence-electron chi connectivity index (χ3n) is 2.91. The van der Waals surface area contributed by atoms with E-state index in [0.717, 1.165) is 12.1 Å². The minimum absolute atomic E-state index is 0.0395. The van der Waals surface area contributed by atoms with E-state index in [-0.39, 0.29) is 10.8 Å². The van der Waals surface area contributed by atoms with Gasteiger partial charge < -0.3 is 4.90 Å². The van der Waals surface area contributed by atoms with E-state index in [4.69, 9.17) is 0 Å². The Morgan fingerprint density at radius 1 is 1.00 bits per heavy atom. The number of hydrogen-bond acceptors (Lipinski definition) is 3. The smallest absolute Gasteiger partial charge is 0.261 e. The molecule has 0 atom stereocenters. The Morgan fingerprint density at radius 2 is 1.55 bits per heavy atom. The van der Waals surface area contributed by atoms with Crippen LogP contribution in [0.4, 0.5) is 10.1 Å². The molecule has 0 aromatic heterocycles. The first-order valence-electron chi connectivity index (χ1n) is 6.40. The van der Waals surface area contributed by atoms with Crippen molar-refractivity contribution in [3.05, 3.63) is 59.9 Å². The molecular formula is C15H15FN2O3S. The summed E-state index contributed by atoms with van der Waals surface area (Å²) in [4.78, 5) is 13.1. The Balaban J connectivity index is 2.20. The summed E-state index contributed by atoms with van der Waals surface area (Å²) >= 11 is 0. The van der Waals surface area contributed by atoms with E-state index in [1.165, 1.54) is 41.3 Å². The van der Waals surface area contributed by atoms with Gasteiger partial charge in [0, 0.05) is 25.3 Å². The molecule has 0 unspecified atom stereocenters. The summed E-state index contributed by atoms with van der Waals surface area (Å²) in [5, 5.41) is 0. The van der Waals surface area contributed by atoms with Crippen molar-refractivity contribution in [2.45, 2.75) is 4.90 Å². The highest BCUT2D eigenvalue weighted by atomic mass is 32.2. The molecule has 0 aliphatic heterocycles. The van der Waals surface area contributed by atoms with Gasteiger partial charge in [0.2, 0.25) is 0 Å². The maximum atomic E-state index is 12.8. The first-order chi connectivity index (χ1) is 10.3. The predicted octanol–water partition coefficient (Wildman–Crippen LogP) is 2.33. The maximum Gasteiger partial charge on any atom is 0.261 e. The van der Waals surface area contributed by atoms with Crippen LogP contribution in [0.5, 0.6) is 0 Å². The quantitative estimate of drug-likeness (QED) is 0.939. The first kappa shape index (κ1) is 16.0. The number of rotatable bonds is 4. The van der Waals surface area contributed by atoms with Crippen molar-refractivity contribution in [3.8, 4) is 0 Å². The van der Waals surface area contributed by atoms with Crippen LogP contribution in [-0.2, 0) is 10.0 Å². The molecule has 0 spiro atoms. The number of anilines is 1. The number of nitrogens with one attached hydrogen (secondary N) is 1. The van der Waals surface area contributed by atoms with E-state index < -0.39 is 15.8 Å². The summed E-state index contributed by atoms with van der Waals surface area (Å²) in [6, 6.07) is 10.6. The third-order valence-corrected chi connectivity index (χ3v) is 4.31. The summed E-state index contributed by atoms with van der Waals surface area (Å²) in [5.74, 6) is -0.682. The van der Waals surface area contributed by atoms with Gasteiger partial charge in [-0.1, -0.05) is 0 Å². The van der Waals surface area contributed by atoms with Crippen LogP contribution in [0.15, 0.2) is 53.4 Å². The van der Waals surface area contributed by atoms with Gasteiger partial charge >= 0.3 is 0 Å². The normalized spacial score (nSPS) is 11.0. The summed E-state index contributed by atoms with van der Waals surface area (Å²) in [7, 11) is -0.527. The molecule has 0 saturated heterocycles. The van der Waals surface area contributed by atoms with Gasteiger partial charge in [-0.25, -0.2) is 12.8 Å². The van der Waals surface area contributed by atoms with Crippen molar-refractivity contribution in [1.29, 1.82) is 0 Å². The molecule has 2 aromatic carbocycles. The fourth-order valence-electron chi connectivity index (χ4n) is 1.77. The molecular weight excluding hydrogens is 307 g/mol. The second-order valence-electron chi connectivity index (χ2n) is 4.84. The topological polar surface area (TPSA) is 66.5 Å². The number of nitrogens with zero attached hydrogens (tertiary/aromatic N) is 1. The Kier molecular flexibility index (Phi) is 4.46. The summed E-state index contributed by atoms with van der Waals surface area (Å²) in [6.45, 7) is 0. The number of carbonyl (C=O) groups is 1. The van der Waals surface area contributed by atoms with Crippen LogP contribution < -0.4 is 4.72 Å². The van der Waals surface area contributed by atoms with E-state index in [0.29, 0.717) is 11.3 Å². The monoisotopic (exact) mass is 322 g/mol. The second-order valence-corrected chi connectivity index (χ2v) is 6.52. The van der Waals surface area contributed by atoms with E-state index in [1.807, 2.05) is 0 Å². The van der Waals surface area contributed by atoms with E-state index in [9.17, 15) is 17.6 Å². The number of halogens is 1. The Hall–Kier alpha value is -2.41. The largest absolute Gasteiger partial charge is 0.345 e. The Morgan fingerprint density at radius 3 is 2.05 bits per heavy atom. The van der Waals surface area contributed by atoms with E-state index in [1.54, 1.807) is 14.1 Å². The standard InChI is InChI=1S/C15H15FN2O3S/c1-18(2)15(19)11-3-7-13(8-4-11)17-22(20,21)14-9-5-12(16)6-10-14/h3-10,17H,1-2H3. The molecule has 0 aliphatic rings. The van der Waals surface area contributed by atoms with Gasteiger partial charge in [0.15, 0.2) is 0 Å². The van der Waals surface area contributed by atoms with Gasteiger partial charge in [-0.2, -0.15) is 0 Å². The van der Waals surface area contributed by atoms with Crippen molar-refractivity contribution in [2.75, 3.05) is 18.8 Å². The lowest BCUT2D eigenvalue weighted by Gasteiger charge is -2.11. The average Bonchev–Trinajstić information content (AvgIpc) is 2.47. The molecule has 0 aliphatic carbocycles. The highest BCUT2D eigenvalue weighted by Gasteiger charge is 2.14. The van der Waals surface area contributed by atoms with Crippen LogP contribution in [0.3, 0.4) is 0 Å². The van der Waals surface area contributed by atoms with Crippen LogP contribution >= 0.6 is 0 Å². The lowest BCUT2D eigenvalue weighted by Crippen LogP contribution is -2.21.